The summed E-state index contributed by atoms with van der Waals surface area (Å²) in [5.74, 6) is -0.353. The van der Waals surface area contributed by atoms with Crippen molar-refractivity contribution in [3.63, 3.8) is 0 Å². The maximum atomic E-state index is 11.2. The van der Waals surface area contributed by atoms with Crippen molar-refractivity contribution in [1.82, 2.24) is 0 Å². The van der Waals surface area contributed by atoms with Crippen molar-refractivity contribution in [3.05, 3.63) is 33.9 Å². The van der Waals surface area contributed by atoms with Crippen molar-refractivity contribution in [2.75, 3.05) is 19.8 Å². The molecule has 0 fully saturated rings. The first-order valence-corrected chi connectivity index (χ1v) is 6.94. The monoisotopic (exact) mass is 279 g/mol. The molecule has 112 valence electrons. The Morgan fingerprint density at radius 2 is 1.75 bits per heavy atom. The van der Waals surface area contributed by atoms with Gasteiger partial charge in [0, 0.05) is 0 Å². The summed E-state index contributed by atoms with van der Waals surface area (Å²) in [6.45, 7) is 10.7. The summed E-state index contributed by atoms with van der Waals surface area (Å²) in [5.41, 5.74) is 12.2. The molecule has 2 N–H and O–H groups in total. The summed E-state index contributed by atoms with van der Waals surface area (Å²) in [6, 6.07) is 1.93. The van der Waals surface area contributed by atoms with Gasteiger partial charge in [0.25, 0.3) is 0 Å². The summed E-state index contributed by atoms with van der Waals surface area (Å²) >= 11 is 0. The summed E-state index contributed by atoms with van der Waals surface area (Å²) in [7, 11) is 0. The molecule has 1 rings (SSSR count). The molecule has 4 heteroatoms. The van der Waals surface area contributed by atoms with Crippen LogP contribution < -0.4 is 5.73 Å². The number of rotatable bonds is 6. The van der Waals surface area contributed by atoms with Crippen LogP contribution in [0.1, 0.15) is 40.8 Å². The summed E-state index contributed by atoms with van der Waals surface area (Å²) in [4.78, 5) is 11.2. The van der Waals surface area contributed by atoms with E-state index in [4.69, 9.17) is 15.2 Å². The van der Waals surface area contributed by atoms with Gasteiger partial charge in [-0.05, 0) is 62.4 Å². The SMILES string of the molecule is CCOC(=O)COCC(N)c1c(C)c(C)cc(C)c1C. The molecule has 1 aromatic carbocycles. The van der Waals surface area contributed by atoms with E-state index in [1.807, 2.05) is 0 Å². The maximum Gasteiger partial charge on any atom is 0.332 e. The molecule has 4 nitrogen and oxygen atoms in total. The Hall–Kier alpha value is -1.39. The van der Waals surface area contributed by atoms with E-state index in [0.717, 1.165) is 5.56 Å². The van der Waals surface area contributed by atoms with Crippen LogP contribution in [0.15, 0.2) is 6.07 Å². The van der Waals surface area contributed by atoms with Gasteiger partial charge < -0.3 is 15.2 Å². The molecular weight excluding hydrogens is 254 g/mol. The first-order valence-electron chi connectivity index (χ1n) is 6.94. The Morgan fingerprint density at radius 3 is 2.25 bits per heavy atom. The highest BCUT2D eigenvalue weighted by Gasteiger charge is 2.16. The van der Waals surface area contributed by atoms with E-state index in [1.54, 1.807) is 6.92 Å². The number of nitrogens with two attached hydrogens (primary N) is 1. The highest BCUT2D eigenvalue weighted by molar-refractivity contribution is 5.70. The topological polar surface area (TPSA) is 61.5 Å². The number of esters is 1. The largest absolute Gasteiger partial charge is 0.464 e. The van der Waals surface area contributed by atoms with Crippen LogP contribution in [0.2, 0.25) is 0 Å². The fourth-order valence-corrected chi connectivity index (χ4v) is 2.36. The van der Waals surface area contributed by atoms with Gasteiger partial charge in [-0.15, -0.1) is 0 Å². The highest BCUT2D eigenvalue weighted by Crippen LogP contribution is 2.26. The maximum absolute atomic E-state index is 11.2. The van der Waals surface area contributed by atoms with E-state index in [1.165, 1.54) is 22.3 Å². The van der Waals surface area contributed by atoms with E-state index in [0.29, 0.717) is 13.2 Å². The molecule has 0 aromatic heterocycles. The molecule has 0 saturated heterocycles. The van der Waals surface area contributed by atoms with E-state index in [-0.39, 0.29) is 18.6 Å². The van der Waals surface area contributed by atoms with Crippen molar-refractivity contribution < 1.29 is 14.3 Å². The van der Waals surface area contributed by atoms with Crippen molar-refractivity contribution in [3.8, 4) is 0 Å². The quantitative estimate of drug-likeness (QED) is 0.813. The van der Waals surface area contributed by atoms with E-state index < -0.39 is 0 Å². The van der Waals surface area contributed by atoms with Crippen LogP contribution in [0.25, 0.3) is 0 Å². The third-order valence-electron chi connectivity index (χ3n) is 3.62. The van der Waals surface area contributed by atoms with E-state index in [9.17, 15) is 4.79 Å². The normalized spacial score (nSPS) is 12.3. The molecule has 0 aliphatic carbocycles. The molecule has 0 aliphatic rings. The zero-order chi connectivity index (χ0) is 15.3. The Balaban J connectivity index is 2.73. The number of hydrogen-bond donors (Lipinski definition) is 1. The number of aryl methyl sites for hydroxylation is 2. The first-order chi connectivity index (χ1) is 9.38. The molecule has 0 amide bonds. The molecule has 0 spiro atoms. The predicted molar refractivity (Wildman–Crippen MR) is 79.8 cm³/mol. The Morgan fingerprint density at radius 1 is 1.20 bits per heavy atom. The van der Waals surface area contributed by atoms with Gasteiger partial charge in [0.05, 0.1) is 19.3 Å². The van der Waals surface area contributed by atoms with Crippen molar-refractivity contribution in [1.29, 1.82) is 0 Å². The fourth-order valence-electron chi connectivity index (χ4n) is 2.36. The zero-order valence-electron chi connectivity index (χ0n) is 13.1. The minimum atomic E-state index is -0.353. The summed E-state index contributed by atoms with van der Waals surface area (Å²) < 4.78 is 10.2. The Kier molecular flexibility index (Phi) is 6.17. The molecule has 0 aliphatic heterocycles. The van der Waals surface area contributed by atoms with Crippen molar-refractivity contribution in [2.45, 2.75) is 40.7 Å². The molecular formula is C16H25NO3. The Labute approximate surface area is 121 Å². The van der Waals surface area contributed by atoms with E-state index in [2.05, 4.69) is 33.8 Å². The van der Waals surface area contributed by atoms with Gasteiger partial charge in [0.2, 0.25) is 0 Å². The molecule has 20 heavy (non-hydrogen) atoms. The average Bonchev–Trinajstić information content (AvgIpc) is 2.37. The number of hydrogen-bond acceptors (Lipinski definition) is 4. The molecule has 0 radical (unpaired) electrons. The lowest BCUT2D eigenvalue weighted by Crippen LogP contribution is -2.23. The number of carbonyl (C=O) groups is 1. The first kappa shape index (κ1) is 16.7. The predicted octanol–water partition coefficient (Wildman–Crippen LogP) is 2.50. The fraction of sp³-hybridized carbons (Fsp3) is 0.562. The van der Waals surface area contributed by atoms with Gasteiger partial charge in [-0.1, -0.05) is 6.07 Å². The number of ether oxygens (including phenoxy) is 2. The minimum absolute atomic E-state index is 0.0512. The standard InChI is InChI=1S/C16H25NO3/c1-6-20-15(18)9-19-8-14(17)16-12(4)10(2)7-11(3)13(16)5/h7,14H,6,8-9,17H2,1-5H3. The molecule has 1 atom stereocenters. The van der Waals surface area contributed by atoms with Gasteiger partial charge in [-0.3, -0.25) is 0 Å². The van der Waals surface area contributed by atoms with Crippen LogP contribution in [0, 0.1) is 27.7 Å². The summed E-state index contributed by atoms with van der Waals surface area (Å²) in [6.07, 6.45) is 0. The second-order valence-electron chi connectivity index (χ2n) is 5.10. The molecule has 0 bridgehead atoms. The second kappa shape index (κ2) is 7.41. The number of carbonyl (C=O) groups excluding carboxylic acids is 1. The van der Waals surface area contributed by atoms with E-state index >= 15 is 0 Å². The van der Waals surface area contributed by atoms with Gasteiger partial charge in [-0.2, -0.15) is 0 Å². The average molecular weight is 279 g/mol. The minimum Gasteiger partial charge on any atom is -0.464 e. The lowest BCUT2D eigenvalue weighted by molar-refractivity contribution is -0.148. The van der Waals surface area contributed by atoms with Crippen LogP contribution in [0.5, 0.6) is 0 Å². The molecule has 0 heterocycles. The van der Waals surface area contributed by atoms with Crippen LogP contribution in [-0.4, -0.2) is 25.8 Å². The lowest BCUT2D eigenvalue weighted by Gasteiger charge is -2.21. The second-order valence-corrected chi connectivity index (χ2v) is 5.10. The molecule has 1 aromatic rings. The third-order valence-corrected chi connectivity index (χ3v) is 3.62. The number of benzene rings is 1. The van der Waals surface area contributed by atoms with Crippen LogP contribution in [-0.2, 0) is 14.3 Å². The van der Waals surface area contributed by atoms with Crippen molar-refractivity contribution >= 4 is 5.97 Å². The zero-order valence-corrected chi connectivity index (χ0v) is 13.1. The summed E-state index contributed by atoms with van der Waals surface area (Å²) in [5, 5.41) is 0. The Bertz CT molecular complexity index is 457. The van der Waals surface area contributed by atoms with Crippen LogP contribution in [0.3, 0.4) is 0 Å². The van der Waals surface area contributed by atoms with Crippen LogP contribution in [0.4, 0.5) is 0 Å². The molecule has 0 saturated carbocycles. The van der Waals surface area contributed by atoms with Gasteiger partial charge in [0.15, 0.2) is 0 Å². The van der Waals surface area contributed by atoms with Crippen molar-refractivity contribution in [2.24, 2.45) is 5.73 Å². The highest BCUT2D eigenvalue weighted by atomic mass is 16.6. The lowest BCUT2D eigenvalue weighted by atomic mass is 9.90. The molecule has 1 unspecified atom stereocenters. The van der Waals surface area contributed by atoms with Gasteiger partial charge >= 0.3 is 5.97 Å². The van der Waals surface area contributed by atoms with Gasteiger partial charge in [0.1, 0.15) is 6.61 Å². The van der Waals surface area contributed by atoms with Crippen LogP contribution >= 0.6 is 0 Å². The smallest absolute Gasteiger partial charge is 0.332 e. The van der Waals surface area contributed by atoms with Gasteiger partial charge in [-0.25, -0.2) is 4.79 Å². The third kappa shape index (κ3) is 4.05.